The van der Waals surface area contributed by atoms with Gasteiger partial charge < -0.3 is 11.1 Å². The quantitative estimate of drug-likeness (QED) is 0.864. The van der Waals surface area contributed by atoms with Crippen molar-refractivity contribution in [2.24, 2.45) is 11.3 Å². The molecule has 0 bridgehead atoms. The van der Waals surface area contributed by atoms with Gasteiger partial charge in [0, 0.05) is 17.8 Å². The van der Waals surface area contributed by atoms with Crippen LogP contribution in [0.25, 0.3) is 0 Å². The van der Waals surface area contributed by atoms with Gasteiger partial charge in [0.25, 0.3) is 5.91 Å². The SMILES string of the molecule is Cc1cc(C(=O)NCC(C)C(C)(C)C)cc(N)n1. The van der Waals surface area contributed by atoms with Crippen molar-refractivity contribution in [1.29, 1.82) is 0 Å². The van der Waals surface area contributed by atoms with E-state index in [1.165, 1.54) is 0 Å². The number of amides is 1. The number of carbonyl (C=O) groups is 1. The third kappa shape index (κ3) is 4.02. The molecule has 1 unspecified atom stereocenters. The molecule has 1 aromatic heterocycles. The maximum atomic E-state index is 12.0. The minimum atomic E-state index is -0.0942. The van der Waals surface area contributed by atoms with Crippen molar-refractivity contribution in [1.82, 2.24) is 10.3 Å². The summed E-state index contributed by atoms with van der Waals surface area (Å²) in [4.78, 5) is 16.0. The minimum Gasteiger partial charge on any atom is -0.384 e. The van der Waals surface area contributed by atoms with E-state index >= 15 is 0 Å². The number of aryl methyl sites for hydroxylation is 1. The fraction of sp³-hybridized carbons (Fsp3) is 0.571. The van der Waals surface area contributed by atoms with E-state index in [-0.39, 0.29) is 11.3 Å². The number of anilines is 1. The molecule has 3 N–H and O–H groups in total. The van der Waals surface area contributed by atoms with E-state index in [1.54, 1.807) is 12.1 Å². The number of hydrogen-bond donors (Lipinski definition) is 2. The number of nitrogens with zero attached hydrogens (tertiary/aromatic N) is 1. The number of carbonyl (C=O) groups excluding carboxylic acids is 1. The molecule has 0 aliphatic rings. The lowest BCUT2D eigenvalue weighted by Crippen LogP contribution is -2.33. The smallest absolute Gasteiger partial charge is 0.251 e. The van der Waals surface area contributed by atoms with Crippen molar-refractivity contribution in [3.05, 3.63) is 23.4 Å². The third-order valence-electron chi connectivity index (χ3n) is 3.28. The second-order valence-electron chi connectivity index (χ2n) is 5.90. The standard InChI is InChI=1S/C14H23N3O/c1-9(14(3,4)5)8-16-13(18)11-6-10(2)17-12(15)7-11/h6-7,9H,8H2,1-5H3,(H2,15,17)(H,16,18). The predicted octanol–water partition coefficient (Wildman–Crippen LogP) is 2.38. The van der Waals surface area contributed by atoms with Gasteiger partial charge in [-0.25, -0.2) is 4.98 Å². The molecule has 0 radical (unpaired) electrons. The molecular formula is C14H23N3O. The number of nitrogens with two attached hydrogens (primary N) is 1. The Bertz CT molecular complexity index is 415. The maximum Gasteiger partial charge on any atom is 0.251 e. The van der Waals surface area contributed by atoms with Crippen LogP contribution < -0.4 is 11.1 Å². The molecule has 18 heavy (non-hydrogen) atoms. The van der Waals surface area contributed by atoms with Crippen LogP contribution in [0.15, 0.2) is 12.1 Å². The van der Waals surface area contributed by atoms with Crippen molar-refractivity contribution in [3.8, 4) is 0 Å². The maximum absolute atomic E-state index is 12.0. The van der Waals surface area contributed by atoms with Crippen LogP contribution in [0.5, 0.6) is 0 Å². The molecule has 1 rings (SSSR count). The zero-order valence-electron chi connectivity index (χ0n) is 11.9. The van der Waals surface area contributed by atoms with Gasteiger partial charge in [-0.1, -0.05) is 27.7 Å². The average Bonchev–Trinajstić information content (AvgIpc) is 2.22. The highest BCUT2D eigenvalue weighted by atomic mass is 16.1. The largest absolute Gasteiger partial charge is 0.384 e. The monoisotopic (exact) mass is 249 g/mol. The second-order valence-corrected chi connectivity index (χ2v) is 5.90. The molecule has 0 fully saturated rings. The summed E-state index contributed by atoms with van der Waals surface area (Å²) in [5.41, 5.74) is 7.14. The normalized spacial score (nSPS) is 13.2. The van der Waals surface area contributed by atoms with E-state index in [0.717, 1.165) is 5.69 Å². The molecule has 4 heteroatoms. The van der Waals surface area contributed by atoms with E-state index < -0.39 is 0 Å². The summed E-state index contributed by atoms with van der Waals surface area (Å²) in [6, 6.07) is 3.34. The van der Waals surface area contributed by atoms with Gasteiger partial charge in [-0.15, -0.1) is 0 Å². The summed E-state index contributed by atoms with van der Waals surface area (Å²) >= 11 is 0. The molecule has 0 aromatic carbocycles. The number of nitrogen functional groups attached to an aromatic ring is 1. The van der Waals surface area contributed by atoms with E-state index in [0.29, 0.717) is 23.8 Å². The summed E-state index contributed by atoms with van der Waals surface area (Å²) in [6.07, 6.45) is 0. The van der Waals surface area contributed by atoms with Crippen molar-refractivity contribution < 1.29 is 4.79 Å². The highest BCUT2D eigenvalue weighted by Gasteiger charge is 2.20. The van der Waals surface area contributed by atoms with Crippen LogP contribution in [-0.2, 0) is 0 Å². The van der Waals surface area contributed by atoms with Crippen molar-refractivity contribution in [2.75, 3.05) is 12.3 Å². The molecule has 0 aliphatic heterocycles. The number of aromatic nitrogens is 1. The highest BCUT2D eigenvalue weighted by Crippen LogP contribution is 2.24. The number of nitrogens with one attached hydrogen (secondary N) is 1. The van der Waals surface area contributed by atoms with Crippen LogP contribution in [0.2, 0.25) is 0 Å². The summed E-state index contributed by atoms with van der Waals surface area (Å²) in [5.74, 6) is 0.689. The highest BCUT2D eigenvalue weighted by molar-refractivity contribution is 5.94. The van der Waals surface area contributed by atoms with Gasteiger partial charge in [0.1, 0.15) is 5.82 Å². The van der Waals surface area contributed by atoms with Gasteiger partial charge in [0.2, 0.25) is 0 Å². The Hall–Kier alpha value is -1.58. The number of pyridine rings is 1. The minimum absolute atomic E-state index is 0.0942. The van der Waals surface area contributed by atoms with Gasteiger partial charge in [0.15, 0.2) is 0 Å². The summed E-state index contributed by atoms with van der Waals surface area (Å²) in [5, 5.41) is 2.94. The molecule has 4 nitrogen and oxygen atoms in total. The first-order valence-corrected chi connectivity index (χ1v) is 6.22. The fourth-order valence-corrected chi connectivity index (χ4v) is 1.48. The van der Waals surface area contributed by atoms with Gasteiger partial charge in [0.05, 0.1) is 0 Å². The topological polar surface area (TPSA) is 68.0 Å². The first-order valence-electron chi connectivity index (χ1n) is 6.22. The molecular weight excluding hydrogens is 226 g/mol. The third-order valence-corrected chi connectivity index (χ3v) is 3.28. The first kappa shape index (κ1) is 14.5. The Morgan fingerprint density at radius 1 is 1.44 bits per heavy atom. The first-order chi connectivity index (χ1) is 8.20. The van der Waals surface area contributed by atoms with Crippen molar-refractivity contribution in [2.45, 2.75) is 34.6 Å². The summed E-state index contributed by atoms with van der Waals surface area (Å²) < 4.78 is 0. The summed E-state index contributed by atoms with van der Waals surface area (Å²) in [6.45, 7) is 11.1. The second kappa shape index (κ2) is 5.38. The fourth-order valence-electron chi connectivity index (χ4n) is 1.48. The Morgan fingerprint density at radius 2 is 2.06 bits per heavy atom. The molecule has 0 spiro atoms. The average molecular weight is 249 g/mol. The Kier molecular flexibility index (Phi) is 4.33. The molecule has 100 valence electrons. The molecule has 1 atom stereocenters. The summed E-state index contributed by atoms with van der Waals surface area (Å²) in [7, 11) is 0. The lowest BCUT2D eigenvalue weighted by molar-refractivity contribution is 0.0937. The molecule has 0 saturated carbocycles. The lowest BCUT2D eigenvalue weighted by Gasteiger charge is -2.27. The molecule has 0 aliphatic carbocycles. The van der Waals surface area contributed by atoms with Crippen LogP contribution in [0.3, 0.4) is 0 Å². The van der Waals surface area contributed by atoms with Crippen LogP contribution >= 0.6 is 0 Å². The Morgan fingerprint density at radius 3 is 2.56 bits per heavy atom. The van der Waals surface area contributed by atoms with Crippen molar-refractivity contribution in [3.63, 3.8) is 0 Å². The molecule has 1 aromatic rings. The van der Waals surface area contributed by atoms with Crippen LogP contribution in [0.1, 0.15) is 43.7 Å². The molecule has 1 amide bonds. The van der Waals surface area contributed by atoms with Crippen LogP contribution in [-0.4, -0.2) is 17.4 Å². The van der Waals surface area contributed by atoms with Gasteiger partial charge >= 0.3 is 0 Å². The van der Waals surface area contributed by atoms with E-state index in [9.17, 15) is 4.79 Å². The van der Waals surface area contributed by atoms with Crippen molar-refractivity contribution >= 4 is 11.7 Å². The van der Waals surface area contributed by atoms with Crippen LogP contribution in [0.4, 0.5) is 5.82 Å². The van der Waals surface area contributed by atoms with Gasteiger partial charge in [-0.3, -0.25) is 4.79 Å². The Labute approximate surface area is 109 Å². The molecule has 1 heterocycles. The molecule has 0 saturated heterocycles. The van der Waals surface area contributed by atoms with Gasteiger partial charge in [-0.05, 0) is 30.4 Å². The predicted molar refractivity (Wildman–Crippen MR) is 74.3 cm³/mol. The number of rotatable bonds is 3. The zero-order chi connectivity index (χ0) is 13.9. The lowest BCUT2D eigenvalue weighted by atomic mass is 9.82. The van der Waals surface area contributed by atoms with E-state index in [1.807, 2.05) is 6.92 Å². The van der Waals surface area contributed by atoms with E-state index in [2.05, 4.69) is 38.0 Å². The van der Waals surface area contributed by atoms with E-state index in [4.69, 9.17) is 5.73 Å². The Balaban J connectivity index is 2.66. The number of hydrogen-bond acceptors (Lipinski definition) is 3. The van der Waals surface area contributed by atoms with Crippen LogP contribution in [0, 0.1) is 18.3 Å². The zero-order valence-corrected chi connectivity index (χ0v) is 11.9. The van der Waals surface area contributed by atoms with Gasteiger partial charge in [-0.2, -0.15) is 0 Å².